The summed E-state index contributed by atoms with van der Waals surface area (Å²) in [5.41, 5.74) is 0. The molecule has 0 spiro atoms. The second-order valence-electron chi connectivity index (χ2n) is 0.728. The summed E-state index contributed by atoms with van der Waals surface area (Å²) in [5.74, 6) is 0. The van der Waals surface area contributed by atoms with Crippen LogP contribution in [0.15, 0.2) is 0 Å². The molecule has 0 saturated heterocycles. The molecule has 0 aliphatic carbocycles. The van der Waals surface area contributed by atoms with E-state index in [2.05, 4.69) is 4.74 Å². The first kappa shape index (κ1) is 10.6. The summed E-state index contributed by atoms with van der Waals surface area (Å²) in [6.07, 6.45) is -3.46. The molecule has 5 heteroatoms. The average molecular weight is 116 g/mol. The molecule has 0 saturated carbocycles. The van der Waals surface area contributed by atoms with Gasteiger partial charge in [-0.25, -0.2) is 0 Å². The van der Waals surface area contributed by atoms with Crippen LogP contribution >= 0.6 is 0 Å². The molecule has 0 aliphatic heterocycles. The van der Waals surface area contributed by atoms with Crippen LogP contribution in [-0.2, 0) is 4.74 Å². The number of aliphatic hydroxyl groups is 1. The molecule has 0 radical (unpaired) electrons. The van der Waals surface area contributed by atoms with Crippen molar-refractivity contribution in [3.05, 3.63) is 0 Å². The van der Waals surface area contributed by atoms with Gasteiger partial charge < -0.3 is 20.1 Å². The zero-order valence-electron chi connectivity index (χ0n) is 3.88. The minimum absolute atomic E-state index is 0. The summed E-state index contributed by atoms with van der Waals surface area (Å²) in [7, 11) is 0.833. The van der Waals surface area contributed by atoms with Gasteiger partial charge >= 0.3 is 23.1 Å². The molecule has 0 heterocycles. The molecular formula is C2H4MgO4. The van der Waals surface area contributed by atoms with E-state index in [1.165, 1.54) is 0 Å². The van der Waals surface area contributed by atoms with E-state index in [0.717, 1.165) is 7.11 Å². The van der Waals surface area contributed by atoms with Crippen molar-refractivity contribution in [3.63, 3.8) is 0 Å². The Labute approximate surface area is 56.9 Å². The third-order valence-corrected chi connectivity index (χ3v) is 0.258. The second-order valence-corrected chi connectivity index (χ2v) is 0.728. The molecule has 0 bridgehead atoms. The molecule has 38 valence electrons. The SMILES string of the molecule is COC([O-])([O-])O.[Mg+2]. The van der Waals surface area contributed by atoms with Crippen LogP contribution in [0.1, 0.15) is 0 Å². The van der Waals surface area contributed by atoms with Crippen LogP contribution in [0.25, 0.3) is 0 Å². The smallest absolute Gasteiger partial charge is 0.820 e. The van der Waals surface area contributed by atoms with Crippen LogP contribution in [0.4, 0.5) is 0 Å². The van der Waals surface area contributed by atoms with Crippen LogP contribution in [-0.4, -0.2) is 41.4 Å². The summed E-state index contributed by atoms with van der Waals surface area (Å²) in [4.78, 5) is 0. The first-order valence-electron chi connectivity index (χ1n) is 1.24. The molecule has 0 fully saturated rings. The maximum absolute atomic E-state index is 9.25. The van der Waals surface area contributed by atoms with E-state index in [-0.39, 0.29) is 23.1 Å². The van der Waals surface area contributed by atoms with Crippen molar-refractivity contribution in [1.29, 1.82) is 0 Å². The predicted molar refractivity (Wildman–Crippen MR) is 17.7 cm³/mol. The first-order chi connectivity index (χ1) is 2.56. The zero-order chi connectivity index (χ0) is 5.21. The van der Waals surface area contributed by atoms with Crippen LogP contribution < -0.4 is 10.2 Å². The van der Waals surface area contributed by atoms with Gasteiger partial charge in [0.2, 0.25) is 0 Å². The molecule has 0 amide bonds. The molecular weight excluding hydrogens is 112 g/mol. The van der Waals surface area contributed by atoms with E-state index in [0.29, 0.717) is 0 Å². The Morgan fingerprint density at radius 1 is 1.57 bits per heavy atom. The van der Waals surface area contributed by atoms with Gasteiger partial charge in [0.1, 0.15) is 0 Å². The fraction of sp³-hybridized carbons (Fsp3) is 1.00. The summed E-state index contributed by atoms with van der Waals surface area (Å²) in [6.45, 7) is 0. The van der Waals surface area contributed by atoms with Crippen molar-refractivity contribution in [3.8, 4) is 0 Å². The van der Waals surface area contributed by atoms with Crippen LogP contribution in [0.2, 0.25) is 0 Å². The molecule has 0 aromatic rings. The predicted octanol–water partition coefficient (Wildman–Crippen LogP) is -3.42. The van der Waals surface area contributed by atoms with Crippen molar-refractivity contribution in [2.45, 2.75) is 6.16 Å². The number of hydrogen-bond acceptors (Lipinski definition) is 4. The number of rotatable bonds is 1. The fourth-order valence-electron chi connectivity index (χ4n) is 0. The maximum Gasteiger partial charge on any atom is 2.00 e. The first-order valence-corrected chi connectivity index (χ1v) is 1.24. The topological polar surface area (TPSA) is 75.6 Å². The average Bonchev–Trinajstić information content (AvgIpc) is 1.35. The Hall–Kier alpha value is 0.606. The Morgan fingerprint density at radius 2 is 1.71 bits per heavy atom. The third kappa shape index (κ3) is 10.8. The summed E-state index contributed by atoms with van der Waals surface area (Å²) in [5, 5.41) is 26.0. The Bertz CT molecular complexity index is 39.4. The quantitative estimate of drug-likeness (QED) is 0.286. The van der Waals surface area contributed by atoms with Gasteiger partial charge in [0.15, 0.2) is 0 Å². The molecule has 0 aromatic carbocycles. The largest absolute Gasteiger partial charge is 2.00 e. The maximum atomic E-state index is 9.25. The number of ether oxygens (including phenoxy) is 1. The summed E-state index contributed by atoms with van der Waals surface area (Å²) >= 11 is 0. The number of methoxy groups -OCH3 is 1. The number of hydrogen-bond donors (Lipinski definition) is 1. The van der Waals surface area contributed by atoms with Crippen LogP contribution in [0.5, 0.6) is 0 Å². The van der Waals surface area contributed by atoms with Crippen molar-refractivity contribution >= 4 is 23.1 Å². The van der Waals surface area contributed by atoms with Gasteiger partial charge in [-0.3, -0.25) is 0 Å². The Morgan fingerprint density at radius 3 is 1.71 bits per heavy atom. The minimum atomic E-state index is -3.46. The Kier molecular flexibility index (Phi) is 5.41. The van der Waals surface area contributed by atoms with Crippen molar-refractivity contribution < 1.29 is 20.1 Å². The van der Waals surface area contributed by atoms with E-state index < -0.39 is 6.16 Å². The van der Waals surface area contributed by atoms with Gasteiger partial charge in [-0.05, 0) is 0 Å². The molecule has 4 nitrogen and oxygen atoms in total. The summed E-state index contributed by atoms with van der Waals surface area (Å²) < 4.78 is 3.38. The molecule has 0 aromatic heterocycles. The van der Waals surface area contributed by atoms with Gasteiger partial charge in [0, 0.05) is 13.3 Å². The Balaban J connectivity index is 0. The third-order valence-electron chi connectivity index (χ3n) is 0.258. The van der Waals surface area contributed by atoms with Crippen molar-refractivity contribution in [2.24, 2.45) is 0 Å². The van der Waals surface area contributed by atoms with Gasteiger partial charge in [-0.15, -0.1) is 0 Å². The normalized spacial score (nSPS) is 10.3. The monoisotopic (exact) mass is 116 g/mol. The molecule has 0 atom stereocenters. The molecule has 7 heavy (non-hydrogen) atoms. The standard InChI is InChI=1S/C2H4O4.Mg/c1-6-2(3,4)5;/h3H,1H3;/q-2;+2. The van der Waals surface area contributed by atoms with E-state index in [1.807, 2.05) is 0 Å². The fourth-order valence-corrected chi connectivity index (χ4v) is 0. The van der Waals surface area contributed by atoms with E-state index in [1.54, 1.807) is 0 Å². The minimum Gasteiger partial charge on any atom is -0.820 e. The second kappa shape index (κ2) is 3.59. The van der Waals surface area contributed by atoms with Gasteiger partial charge in [0.05, 0.1) is 0 Å². The molecule has 0 rings (SSSR count). The van der Waals surface area contributed by atoms with E-state index >= 15 is 0 Å². The van der Waals surface area contributed by atoms with Gasteiger partial charge in [-0.1, -0.05) is 0 Å². The van der Waals surface area contributed by atoms with E-state index in [4.69, 9.17) is 5.11 Å². The van der Waals surface area contributed by atoms with Gasteiger partial charge in [0.25, 0.3) is 0 Å². The van der Waals surface area contributed by atoms with Crippen molar-refractivity contribution in [1.82, 2.24) is 0 Å². The van der Waals surface area contributed by atoms with Crippen LogP contribution in [0.3, 0.4) is 0 Å². The van der Waals surface area contributed by atoms with Crippen molar-refractivity contribution in [2.75, 3.05) is 7.11 Å². The molecule has 1 N–H and O–H groups in total. The molecule has 0 unspecified atom stereocenters. The van der Waals surface area contributed by atoms with Gasteiger partial charge in [-0.2, -0.15) is 0 Å². The zero-order valence-corrected chi connectivity index (χ0v) is 5.29. The van der Waals surface area contributed by atoms with Crippen LogP contribution in [0, 0.1) is 0 Å². The molecule has 0 aliphatic rings. The van der Waals surface area contributed by atoms with E-state index in [9.17, 15) is 10.2 Å². The summed E-state index contributed by atoms with van der Waals surface area (Å²) in [6, 6.07) is 0.